The van der Waals surface area contributed by atoms with Crippen LogP contribution in [0.4, 0.5) is 13.2 Å². The molecule has 1 fully saturated rings. The summed E-state index contributed by atoms with van der Waals surface area (Å²) in [6.45, 7) is 4.39. The van der Waals surface area contributed by atoms with Crippen LogP contribution in [0.2, 0.25) is 0 Å². The molecule has 1 N–H and O–H groups in total. The lowest BCUT2D eigenvalue weighted by Crippen LogP contribution is -2.46. The third kappa shape index (κ3) is 7.40. The van der Waals surface area contributed by atoms with E-state index in [4.69, 9.17) is 0 Å². The number of carbonyl (C=O) groups excluding carboxylic acids is 1. The summed E-state index contributed by atoms with van der Waals surface area (Å²) in [6.07, 6.45) is -0.685. The molecule has 42 heavy (non-hydrogen) atoms. The second kappa shape index (κ2) is 13.6. The number of likely N-dealkylation sites (tertiary alicyclic amines) is 1. The van der Waals surface area contributed by atoms with Gasteiger partial charge in [-0.3, -0.25) is 9.59 Å². The van der Waals surface area contributed by atoms with Crippen LogP contribution in [0.3, 0.4) is 0 Å². The molecule has 0 spiro atoms. The van der Waals surface area contributed by atoms with Crippen molar-refractivity contribution in [2.45, 2.75) is 63.1 Å². The first kappa shape index (κ1) is 31.3. The van der Waals surface area contributed by atoms with Crippen LogP contribution in [0.25, 0.3) is 11.1 Å². The Bertz CT molecular complexity index is 1340. The number of rotatable bonds is 11. The molecule has 5 nitrogen and oxygen atoms in total. The number of hydrogen-bond donors (Lipinski definition) is 1. The van der Waals surface area contributed by atoms with Crippen LogP contribution in [-0.4, -0.2) is 59.5 Å². The highest BCUT2D eigenvalue weighted by Gasteiger charge is 2.35. The number of carbonyl (C=O) groups is 2. The van der Waals surface area contributed by atoms with Gasteiger partial charge >= 0.3 is 12.1 Å². The summed E-state index contributed by atoms with van der Waals surface area (Å²) >= 11 is 0. The average Bonchev–Trinajstić information content (AvgIpc) is 3.00. The molecule has 0 aliphatic carbocycles. The fourth-order valence-electron chi connectivity index (χ4n) is 6.22. The number of aliphatic carboxylic acids is 1. The number of nitrogens with zero attached hydrogens (tertiary/aromatic N) is 2. The van der Waals surface area contributed by atoms with Crippen LogP contribution < -0.4 is 0 Å². The number of alkyl halides is 3. The lowest BCUT2D eigenvalue weighted by Gasteiger charge is -2.38. The number of carboxylic acid groups (broad SMARTS) is 1. The van der Waals surface area contributed by atoms with E-state index in [0.29, 0.717) is 24.0 Å². The molecule has 1 aliphatic heterocycles. The zero-order valence-electron chi connectivity index (χ0n) is 24.2. The van der Waals surface area contributed by atoms with Gasteiger partial charge in [-0.2, -0.15) is 13.2 Å². The topological polar surface area (TPSA) is 60.9 Å². The van der Waals surface area contributed by atoms with E-state index in [9.17, 15) is 27.9 Å². The summed E-state index contributed by atoms with van der Waals surface area (Å²) in [5.74, 6) is -1.21. The van der Waals surface area contributed by atoms with Crippen molar-refractivity contribution in [1.29, 1.82) is 0 Å². The summed E-state index contributed by atoms with van der Waals surface area (Å²) in [5.41, 5.74) is 1.03. The molecule has 1 atom stereocenters. The third-order valence-electron chi connectivity index (χ3n) is 8.77. The van der Waals surface area contributed by atoms with Crippen LogP contribution in [0.5, 0.6) is 0 Å². The fourth-order valence-corrected chi connectivity index (χ4v) is 6.22. The number of hydrogen-bond acceptors (Lipinski definition) is 3. The van der Waals surface area contributed by atoms with Gasteiger partial charge in [0.2, 0.25) is 0 Å². The van der Waals surface area contributed by atoms with E-state index in [-0.39, 0.29) is 18.0 Å². The van der Waals surface area contributed by atoms with Crippen LogP contribution in [-0.2, 0) is 16.4 Å². The summed E-state index contributed by atoms with van der Waals surface area (Å²) < 4.78 is 40.7. The van der Waals surface area contributed by atoms with E-state index in [0.717, 1.165) is 56.6 Å². The number of benzene rings is 3. The first-order chi connectivity index (χ1) is 20.0. The van der Waals surface area contributed by atoms with Crippen LogP contribution in [0.15, 0.2) is 78.9 Å². The first-order valence-electron chi connectivity index (χ1n) is 14.6. The van der Waals surface area contributed by atoms with E-state index in [2.05, 4.69) is 4.90 Å². The number of amides is 1. The van der Waals surface area contributed by atoms with Crippen molar-refractivity contribution in [1.82, 2.24) is 9.80 Å². The van der Waals surface area contributed by atoms with Crippen LogP contribution >= 0.6 is 0 Å². The molecule has 0 radical (unpaired) electrons. The molecular weight excluding hydrogens is 541 g/mol. The van der Waals surface area contributed by atoms with Crippen LogP contribution in [0.1, 0.15) is 66.9 Å². The Morgan fingerprint density at radius 3 is 2.12 bits per heavy atom. The van der Waals surface area contributed by atoms with Crippen molar-refractivity contribution < 1.29 is 27.9 Å². The maximum absolute atomic E-state index is 13.6. The van der Waals surface area contributed by atoms with Gasteiger partial charge in [0, 0.05) is 37.2 Å². The highest BCUT2D eigenvalue weighted by Crippen LogP contribution is 2.37. The number of carboxylic acids is 1. The second-order valence-corrected chi connectivity index (χ2v) is 11.3. The van der Waals surface area contributed by atoms with Crippen molar-refractivity contribution >= 4 is 11.9 Å². The molecule has 1 amide bonds. The predicted octanol–water partition coefficient (Wildman–Crippen LogP) is 7.51. The lowest BCUT2D eigenvalue weighted by molar-refractivity contribution is -0.139. The van der Waals surface area contributed by atoms with Gasteiger partial charge in [0.1, 0.15) is 0 Å². The minimum atomic E-state index is -4.55. The summed E-state index contributed by atoms with van der Waals surface area (Å²) in [4.78, 5) is 29.3. The molecule has 4 rings (SSSR count). The van der Waals surface area contributed by atoms with Gasteiger partial charge in [-0.15, -0.1) is 0 Å². The highest BCUT2D eigenvalue weighted by molar-refractivity contribution is 6.01. The van der Waals surface area contributed by atoms with Gasteiger partial charge in [-0.1, -0.05) is 73.7 Å². The average molecular weight is 581 g/mol. The van der Waals surface area contributed by atoms with Gasteiger partial charge in [-0.05, 0) is 67.5 Å². The maximum atomic E-state index is 13.6. The zero-order valence-corrected chi connectivity index (χ0v) is 24.2. The van der Waals surface area contributed by atoms with E-state index >= 15 is 0 Å². The summed E-state index contributed by atoms with van der Waals surface area (Å²) in [7, 11) is 1.68. The molecule has 1 aliphatic rings. The Morgan fingerprint density at radius 2 is 1.55 bits per heavy atom. The van der Waals surface area contributed by atoms with Crippen molar-refractivity contribution in [2.24, 2.45) is 0 Å². The standard InChI is InChI=1S/C34H39F3N2O3/c1-3-33(24-31(40)41,26-13-8-5-9-14-26)19-10-20-39-21-17-28(18-22-39)38(2)32(42)30-23-27(34(35,36)37)15-16-29(30)25-11-6-4-7-12-25/h4-9,11-16,23,28H,3,10,17-22,24H2,1-2H3,(H,40,41). The molecule has 224 valence electrons. The zero-order chi connectivity index (χ0) is 30.3. The molecule has 1 unspecified atom stereocenters. The molecule has 3 aromatic carbocycles. The van der Waals surface area contributed by atoms with E-state index < -0.39 is 29.0 Å². The Hall–Kier alpha value is -3.65. The lowest BCUT2D eigenvalue weighted by atomic mass is 9.72. The minimum absolute atomic E-state index is 0.0520. The maximum Gasteiger partial charge on any atom is 0.416 e. The summed E-state index contributed by atoms with van der Waals surface area (Å²) in [6, 6.07) is 22.2. The normalized spacial score (nSPS) is 16.1. The fraction of sp³-hybridized carbons (Fsp3) is 0.412. The predicted molar refractivity (Wildman–Crippen MR) is 158 cm³/mol. The Morgan fingerprint density at radius 1 is 0.929 bits per heavy atom. The highest BCUT2D eigenvalue weighted by atomic mass is 19.4. The van der Waals surface area contributed by atoms with Gasteiger partial charge in [0.25, 0.3) is 5.91 Å². The van der Waals surface area contributed by atoms with Crippen molar-refractivity contribution in [2.75, 3.05) is 26.7 Å². The Balaban J connectivity index is 1.40. The largest absolute Gasteiger partial charge is 0.481 e. The smallest absolute Gasteiger partial charge is 0.416 e. The van der Waals surface area contributed by atoms with Gasteiger partial charge in [-0.25, -0.2) is 0 Å². The summed E-state index contributed by atoms with van der Waals surface area (Å²) in [5, 5.41) is 9.64. The van der Waals surface area contributed by atoms with E-state index in [1.54, 1.807) is 36.2 Å². The van der Waals surface area contributed by atoms with Crippen molar-refractivity contribution in [3.8, 4) is 11.1 Å². The number of piperidine rings is 1. The van der Waals surface area contributed by atoms with E-state index in [1.807, 2.05) is 43.3 Å². The van der Waals surface area contributed by atoms with Gasteiger partial charge in [0.15, 0.2) is 0 Å². The van der Waals surface area contributed by atoms with Gasteiger partial charge < -0.3 is 14.9 Å². The Kier molecular flexibility index (Phi) is 10.1. The van der Waals surface area contributed by atoms with Crippen molar-refractivity contribution in [3.05, 3.63) is 95.6 Å². The van der Waals surface area contributed by atoms with E-state index in [1.165, 1.54) is 6.07 Å². The molecule has 8 heteroatoms. The SMILES string of the molecule is CCC(CCCN1CCC(N(C)C(=O)c2cc(C(F)(F)F)ccc2-c2ccccc2)CC1)(CC(=O)O)c1ccccc1. The molecule has 0 aromatic heterocycles. The van der Waals surface area contributed by atoms with Crippen LogP contribution in [0, 0.1) is 0 Å². The number of halogens is 3. The second-order valence-electron chi connectivity index (χ2n) is 11.3. The monoisotopic (exact) mass is 580 g/mol. The first-order valence-corrected chi connectivity index (χ1v) is 14.6. The quantitative estimate of drug-likeness (QED) is 0.255. The Labute approximate surface area is 246 Å². The molecule has 1 heterocycles. The third-order valence-corrected chi connectivity index (χ3v) is 8.77. The molecule has 3 aromatic rings. The molecule has 1 saturated heterocycles. The minimum Gasteiger partial charge on any atom is -0.481 e. The molecular formula is C34H39F3N2O3. The molecule has 0 saturated carbocycles. The van der Waals surface area contributed by atoms with Gasteiger partial charge in [0.05, 0.1) is 12.0 Å². The van der Waals surface area contributed by atoms with Crippen molar-refractivity contribution in [3.63, 3.8) is 0 Å². The molecule has 0 bridgehead atoms.